The van der Waals surface area contributed by atoms with Gasteiger partial charge in [-0.05, 0) is 36.8 Å². The summed E-state index contributed by atoms with van der Waals surface area (Å²) in [6, 6.07) is 10.5. The summed E-state index contributed by atoms with van der Waals surface area (Å²) < 4.78 is 33.4. The van der Waals surface area contributed by atoms with Crippen LogP contribution in [0.2, 0.25) is 0 Å². The van der Waals surface area contributed by atoms with Crippen molar-refractivity contribution in [2.24, 2.45) is 0 Å². The minimum atomic E-state index is -3.65. The van der Waals surface area contributed by atoms with Crippen LogP contribution >= 0.6 is 23.5 Å². The molecular weight excluding hydrogens is 506 g/mol. The number of thioether (sulfide) groups is 2. The molecule has 184 valence electrons. The fourth-order valence-corrected chi connectivity index (χ4v) is 7.25. The van der Waals surface area contributed by atoms with Gasteiger partial charge in [0.1, 0.15) is 5.52 Å². The van der Waals surface area contributed by atoms with Gasteiger partial charge < -0.3 is 15.0 Å². The van der Waals surface area contributed by atoms with Crippen LogP contribution in [0.5, 0.6) is 5.88 Å². The number of hydrogen-bond acceptors (Lipinski definition) is 9. The molecule has 0 radical (unpaired) electrons. The number of nitrogens with zero attached hydrogens (tertiary/aromatic N) is 3. The molecule has 1 aromatic carbocycles. The Morgan fingerprint density at radius 1 is 1.29 bits per heavy atom. The lowest BCUT2D eigenvalue weighted by atomic mass is 10.2. The third-order valence-electron chi connectivity index (χ3n) is 5.87. The van der Waals surface area contributed by atoms with Crippen molar-refractivity contribution in [1.82, 2.24) is 14.7 Å². The largest absolute Gasteiger partial charge is 0.481 e. The molecule has 4 heterocycles. The number of carbonyl (C=O) groups is 1. The van der Waals surface area contributed by atoms with Crippen molar-refractivity contribution in [3.63, 3.8) is 0 Å². The van der Waals surface area contributed by atoms with Crippen molar-refractivity contribution in [2.75, 3.05) is 48.5 Å². The molecule has 9 nitrogen and oxygen atoms in total. The zero-order chi connectivity index (χ0) is 24.4. The molecule has 1 unspecified atom stereocenters. The molecule has 1 fully saturated rings. The number of nitrogens with one attached hydrogen (secondary N) is 2. The van der Waals surface area contributed by atoms with E-state index in [9.17, 15) is 13.2 Å². The number of fused-ring (bicyclic) bond motifs is 2. The summed E-state index contributed by atoms with van der Waals surface area (Å²) in [6.45, 7) is 2.09. The van der Waals surface area contributed by atoms with Crippen molar-refractivity contribution >= 4 is 61.9 Å². The Hall–Kier alpha value is -2.54. The lowest BCUT2D eigenvalue weighted by molar-refractivity contribution is -0.113. The van der Waals surface area contributed by atoms with Gasteiger partial charge in [0.2, 0.25) is 21.8 Å². The minimum Gasteiger partial charge on any atom is -0.481 e. The maximum absolute atomic E-state index is 12.7. The van der Waals surface area contributed by atoms with Crippen LogP contribution in [0.3, 0.4) is 0 Å². The van der Waals surface area contributed by atoms with E-state index in [4.69, 9.17) is 4.74 Å². The molecule has 35 heavy (non-hydrogen) atoms. The first-order valence-corrected chi connectivity index (χ1v) is 14.7. The standard InChI is InChI=1S/C23H25N5O4S3/c1-32-22-5-3-17-23(27-22)19(6-8-24-17)28-10-7-15(13-28)33-11-9-25-35(30,31)16-2-4-20-18(12-16)26-21(29)14-34-20/h2-6,8,12,15,25H,7,9-11,13-14H2,1H3,(H,26,29). The van der Waals surface area contributed by atoms with Gasteiger partial charge in [-0.15, -0.1) is 11.8 Å². The number of ether oxygens (including phenoxy) is 1. The SMILES string of the molecule is COc1ccc2nccc(N3CCC(SCCNS(=O)(=O)c4ccc5c(c4)NC(=O)CS5)C3)c2n1. The zero-order valence-electron chi connectivity index (χ0n) is 19.1. The molecule has 1 amide bonds. The van der Waals surface area contributed by atoms with Crippen LogP contribution in [-0.2, 0) is 14.8 Å². The summed E-state index contributed by atoms with van der Waals surface area (Å²) in [5.74, 6) is 1.44. The van der Waals surface area contributed by atoms with E-state index in [-0.39, 0.29) is 10.8 Å². The fraction of sp³-hybridized carbons (Fsp3) is 0.348. The molecule has 0 saturated carbocycles. The van der Waals surface area contributed by atoms with E-state index in [2.05, 4.69) is 24.9 Å². The number of pyridine rings is 2. The van der Waals surface area contributed by atoms with Gasteiger partial charge in [0.05, 0.1) is 34.6 Å². The highest BCUT2D eigenvalue weighted by molar-refractivity contribution is 8.00. The fourth-order valence-electron chi connectivity index (χ4n) is 4.16. The number of aromatic nitrogens is 2. The monoisotopic (exact) mass is 531 g/mol. The molecule has 3 aromatic rings. The van der Waals surface area contributed by atoms with Crippen LogP contribution < -0.4 is 19.7 Å². The van der Waals surface area contributed by atoms with Gasteiger partial charge in [-0.3, -0.25) is 9.78 Å². The molecule has 0 aliphatic carbocycles. The normalized spacial score (nSPS) is 17.9. The quantitative estimate of drug-likeness (QED) is 0.424. The molecule has 5 rings (SSSR count). The van der Waals surface area contributed by atoms with E-state index in [1.165, 1.54) is 17.8 Å². The number of hydrogen-bond donors (Lipinski definition) is 2. The third kappa shape index (κ3) is 5.35. The van der Waals surface area contributed by atoms with Crippen LogP contribution in [0.25, 0.3) is 11.0 Å². The number of amides is 1. The van der Waals surface area contributed by atoms with Gasteiger partial charge in [-0.2, -0.15) is 11.8 Å². The van der Waals surface area contributed by atoms with E-state index in [1.807, 2.05) is 18.2 Å². The van der Waals surface area contributed by atoms with Crippen molar-refractivity contribution in [3.8, 4) is 5.88 Å². The first kappa shape index (κ1) is 24.2. The second-order valence-corrected chi connectivity index (χ2v) is 12.4. The van der Waals surface area contributed by atoms with Crippen molar-refractivity contribution in [1.29, 1.82) is 0 Å². The summed E-state index contributed by atoms with van der Waals surface area (Å²) in [5.41, 5.74) is 3.24. The van der Waals surface area contributed by atoms with Crippen molar-refractivity contribution < 1.29 is 17.9 Å². The Labute approximate surface area is 212 Å². The number of anilines is 2. The van der Waals surface area contributed by atoms with E-state index in [1.54, 1.807) is 37.2 Å². The molecule has 1 saturated heterocycles. The smallest absolute Gasteiger partial charge is 0.240 e. The number of carbonyl (C=O) groups excluding carboxylic acids is 1. The lowest BCUT2D eigenvalue weighted by Crippen LogP contribution is -2.27. The van der Waals surface area contributed by atoms with Crippen molar-refractivity contribution in [2.45, 2.75) is 21.5 Å². The molecule has 0 spiro atoms. The van der Waals surface area contributed by atoms with Crippen LogP contribution in [-0.4, -0.2) is 67.8 Å². The summed E-state index contributed by atoms with van der Waals surface area (Å²) >= 11 is 3.17. The molecule has 2 aliphatic rings. The van der Waals surface area contributed by atoms with Crippen LogP contribution in [0.15, 0.2) is 52.4 Å². The third-order valence-corrected chi connectivity index (χ3v) is 9.70. The highest BCUT2D eigenvalue weighted by Gasteiger charge is 2.25. The minimum absolute atomic E-state index is 0.123. The van der Waals surface area contributed by atoms with Gasteiger partial charge in [-0.1, -0.05) is 0 Å². The molecular formula is C23H25N5O4S3. The van der Waals surface area contributed by atoms with Gasteiger partial charge in [0.25, 0.3) is 0 Å². The average Bonchev–Trinajstić information content (AvgIpc) is 3.34. The average molecular weight is 532 g/mol. The van der Waals surface area contributed by atoms with Gasteiger partial charge in [-0.25, -0.2) is 18.1 Å². The first-order chi connectivity index (χ1) is 16.9. The molecule has 2 aromatic heterocycles. The predicted octanol–water partition coefficient (Wildman–Crippen LogP) is 2.97. The number of benzene rings is 1. The molecule has 12 heteroatoms. The van der Waals surface area contributed by atoms with Crippen LogP contribution in [0, 0.1) is 0 Å². The highest BCUT2D eigenvalue weighted by Crippen LogP contribution is 2.34. The maximum Gasteiger partial charge on any atom is 0.240 e. The first-order valence-electron chi connectivity index (χ1n) is 11.2. The topological polar surface area (TPSA) is 114 Å². The molecule has 0 bridgehead atoms. The second-order valence-electron chi connectivity index (χ2n) is 8.17. The number of rotatable bonds is 8. The van der Waals surface area contributed by atoms with Gasteiger partial charge in [0, 0.05) is 47.8 Å². The Kier molecular flexibility index (Phi) is 7.05. The number of methoxy groups -OCH3 is 1. The highest BCUT2D eigenvalue weighted by atomic mass is 32.2. The van der Waals surface area contributed by atoms with E-state index in [0.717, 1.165) is 41.1 Å². The van der Waals surface area contributed by atoms with Gasteiger partial charge >= 0.3 is 0 Å². The van der Waals surface area contributed by atoms with E-state index in [0.29, 0.717) is 34.9 Å². The number of sulfonamides is 1. The zero-order valence-corrected chi connectivity index (χ0v) is 21.5. The van der Waals surface area contributed by atoms with E-state index < -0.39 is 10.0 Å². The predicted molar refractivity (Wildman–Crippen MR) is 140 cm³/mol. The Morgan fingerprint density at radius 3 is 3.03 bits per heavy atom. The second kappa shape index (κ2) is 10.2. The van der Waals surface area contributed by atoms with Crippen LogP contribution in [0.1, 0.15) is 6.42 Å². The summed E-state index contributed by atoms with van der Waals surface area (Å²) in [4.78, 5) is 23.9. The molecule has 1 atom stereocenters. The van der Waals surface area contributed by atoms with Crippen molar-refractivity contribution in [3.05, 3.63) is 42.6 Å². The summed E-state index contributed by atoms with van der Waals surface area (Å²) in [7, 11) is -2.05. The van der Waals surface area contributed by atoms with Crippen LogP contribution in [0.4, 0.5) is 11.4 Å². The Balaban J connectivity index is 1.15. The Morgan fingerprint density at radius 2 is 2.17 bits per heavy atom. The molecule has 2 N–H and O–H groups in total. The summed E-state index contributed by atoms with van der Waals surface area (Å²) in [5, 5.41) is 3.13. The molecule has 2 aliphatic heterocycles. The summed E-state index contributed by atoms with van der Waals surface area (Å²) in [6.07, 6.45) is 2.80. The maximum atomic E-state index is 12.7. The lowest BCUT2D eigenvalue weighted by Gasteiger charge is -2.20. The van der Waals surface area contributed by atoms with E-state index >= 15 is 0 Å². The Bertz CT molecular complexity index is 1370. The van der Waals surface area contributed by atoms with Gasteiger partial charge in [0.15, 0.2) is 0 Å².